The Hall–Kier alpha value is -1.57. The van der Waals surface area contributed by atoms with E-state index in [0.29, 0.717) is 5.56 Å². The molecule has 1 heterocycles. The SMILES string of the molecule is O=Cc1ccc2c(c1)C=CC1(CCC1)O2. The van der Waals surface area contributed by atoms with Crippen LogP contribution in [0, 0.1) is 0 Å². The van der Waals surface area contributed by atoms with Crippen LogP contribution in [0.1, 0.15) is 35.2 Å². The molecule has 1 aliphatic heterocycles. The zero-order valence-corrected chi connectivity index (χ0v) is 8.40. The summed E-state index contributed by atoms with van der Waals surface area (Å²) in [5, 5.41) is 0. The molecular weight excluding hydrogens is 188 g/mol. The highest BCUT2D eigenvalue weighted by molar-refractivity contribution is 5.78. The van der Waals surface area contributed by atoms with E-state index in [2.05, 4.69) is 12.2 Å². The van der Waals surface area contributed by atoms with Crippen LogP contribution >= 0.6 is 0 Å². The largest absolute Gasteiger partial charge is 0.483 e. The van der Waals surface area contributed by atoms with Gasteiger partial charge in [-0.1, -0.05) is 6.08 Å². The highest BCUT2D eigenvalue weighted by Gasteiger charge is 2.38. The molecule has 0 amide bonds. The van der Waals surface area contributed by atoms with Crippen LogP contribution in [0.2, 0.25) is 0 Å². The molecule has 1 aromatic carbocycles. The van der Waals surface area contributed by atoms with Crippen molar-refractivity contribution in [3.8, 4) is 5.75 Å². The molecule has 0 radical (unpaired) electrons. The van der Waals surface area contributed by atoms with Crippen LogP contribution in [0.4, 0.5) is 0 Å². The van der Waals surface area contributed by atoms with Gasteiger partial charge in [0.2, 0.25) is 0 Å². The second kappa shape index (κ2) is 2.96. The third kappa shape index (κ3) is 1.29. The van der Waals surface area contributed by atoms with E-state index in [9.17, 15) is 4.79 Å². The summed E-state index contributed by atoms with van der Waals surface area (Å²) in [4.78, 5) is 10.6. The smallest absolute Gasteiger partial charge is 0.150 e. The summed E-state index contributed by atoms with van der Waals surface area (Å²) < 4.78 is 5.95. The Labute approximate surface area is 88.6 Å². The fourth-order valence-electron chi connectivity index (χ4n) is 2.15. The summed E-state index contributed by atoms with van der Waals surface area (Å²) in [5.41, 5.74) is 1.68. The Bertz CT molecular complexity index is 442. The maximum Gasteiger partial charge on any atom is 0.150 e. The Balaban J connectivity index is 2.00. The first kappa shape index (κ1) is 8.72. The molecule has 0 bridgehead atoms. The third-order valence-electron chi connectivity index (χ3n) is 3.25. The molecule has 76 valence electrons. The lowest BCUT2D eigenvalue weighted by Crippen LogP contribution is -2.42. The average Bonchev–Trinajstić information content (AvgIpc) is 2.25. The van der Waals surface area contributed by atoms with E-state index in [1.807, 2.05) is 12.1 Å². The van der Waals surface area contributed by atoms with Crippen LogP contribution in [0.3, 0.4) is 0 Å². The van der Waals surface area contributed by atoms with Crippen LogP contribution in [-0.4, -0.2) is 11.9 Å². The maximum absolute atomic E-state index is 10.6. The van der Waals surface area contributed by atoms with Gasteiger partial charge in [-0.15, -0.1) is 0 Å². The van der Waals surface area contributed by atoms with Crippen molar-refractivity contribution < 1.29 is 9.53 Å². The number of benzene rings is 1. The number of hydrogen-bond donors (Lipinski definition) is 0. The highest BCUT2D eigenvalue weighted by atomic mass is 16.5. The van der Waals surface area contributed by atoms with E-state index >= 15 is 0 Å². The Morgan fingerprint density at radius 2 is 2.20 bits per heavy atom. The van der Waals surface area contributed by atoms with Crippen molar-refractivity contribution in [2.75, 3.05) is 0 Å². The summed E-state index contributed by atoms with van der Waals surface area (Å²) in [5.74, 6) is 0.905. The van der Waals surface area contributed by atoms with Gasteiger partial charge in [0.05, 0.1) is 0 Å². The van der Waals surface area contributed by atoms with Crippen LogP contribution < -0.4 is 4.74 Å². The molecule has 1 spiro atoms. The number of ether oxygens (including phenoxy) is 1. The van der Waals surface area contributed by atoms with Gasteiger partial charge in [0, 0.05) is 11.1 Å². The monoisotopic (exact) mass is 200 g/mol. The predicted octanol–water partition coefficient (Wildman–Crippen LogP) is 2.83. The van der Waals surface area contributed by atoms with E-state index in [1.54, 1.807) is 6.07 Å². The lowest BCUT2D eigenvalue weighted by molar-refractivity contribution is 0.0382. The van der Waals surface area contributed by atoms with Gasteiger partial charge in [-0.2, -0.15) is 0 Å². The van der Waals surface area contributed by atoms with Crippen LogP contribution in [0.15, 0.2) is 24.3 Å². The van der Waals surface area contributed by atoms with Crippen molar-refractivity contribution >= 4 is 12.4 Å². The highest BCUT2D eigenvalue weighted by Crippen LogP contribution is 2.42. The minimum atomic E-state index is -0.0320. The van der Waals surface area contributed by atoms with Gasteiger partial charge in [0.25, 0.3) is 0 Å². The third-order valence-corrected chi connectivity index (χ3v) is 3.25. The average molecular weight is 200 g/mol. The molecule has 0 atom stereocenters. The van der Waals surface area contributed by atoms with Crippen LogP contribution in [-0.2, 0) is 0 Å². The zero-order chi connectivity index (χ0) is 10.3. The van der Waals surface area contributed by atoms with Gasteiger partial charge in [0.15, 0.2) is 0 Å². The van der Waals surface area contributed by atoms with Crippen molar-refractivity contribution in [2.45, 2.75) is 24.9 Å². The first-order valence-corrected chi connectivity index (χ1v) is 5.29. The summed E-state index contributed by atoms with van der Waals surface area (Å²) in [6, 6.07) is 5.56. The van der Waals surface area contributed by atoms with Gasteiger partial charge >= 0.3 is 0 Å². The second-order valence-electron chi connectivity index (χ2n) is 4.27. The van der Waals surface area contributed by atoms with Gasteiger partial charge in [-0.3, -0.25) is 4.79 Å². The topological polar surface area (TPSA) is 26.3 Å². The molecule has 1 aliphatic carbocycles. The summed E-state index contributed by atoms with van der Waals surface area (Å²) in [6.07, 6.45) is 8.53. The number of carbonyl (C=O) groups excluding carboxylic acids is 1. The van der Waals surface area contributed by atoms with Crippen molar-refractivity contribution in [3.63, 3.8) is 0 Å². The molecule has 0 aromatic heterocycles. The molecule has 3 rings (SSSR count). The Kier molecular flexibility index (Phi) is 1.72. The molecule has 2 heteroatoms. The first-order valence-electron chi connectivity index (χ1n) is 5.29. The van der Waals surface area contributed by atoms with Crippen LogP contribution in [0.5, 0.6) is 5.75 Å². The fraction of sp³-hybridized carbons (Fsp3) is 0.308. The standard InChI is InChI=1S/C13H12O2/c14-9-10-2-3-12-11(8-10)4-7-13(15-12)5-1-6-13/h2-4,7-9H,1,5-6H2. The number of fused-ring (bicyclic) bond motifs is 1. The van der Waals surface area contributed by atoms with Crippen molar-refractivity contribution in [3.05, 3.63) is 35.4 Å². The molecular formula is C13H12O2. The molecule has 2 nitrogen and oxygen atoms in total. The fourth-order valence-corrected chi connectivity index (χ4v) is 2.15. The molecule has 1 fully saturated rings. The Morgan fingerprint density at radius 3 is 2.87 bits per heavy atom. The summed E-state index contributed by atoms with van der Waals surface area (Å²) in [7, 11) is 0. The van der Waals surface area contributed by atoms with E-state index < -0.39 is 0 Å². The zero-order valence-electron chi connectivity index (χ0n) is 8.40. The Morgan fingerprint density at radius 1 is 1.33 bits per heavy atom. The molecule has 2 aliphatic rings. The predicted molar refractivity (Wildman–Crippen MR) is 58.1 cm³/mol. The lowest BCUT2D eigenvalue weighted by Gasteiger charge is -2.41. The number of aldehydes is 1. The van der Waals surface area contributed by atoms with Gasteiger partial charge in [0.1, 0.15) is 17.6 Å². The van der Waals surface area contributed by atoms with E-state index in [-0.39, 0.29) is 5.60 Å². The minimum Gasteiger partial charge on any atom is -0.483 e. The minimum absolute atomic E-state index is 0.0320. The molecule has 0 unspecified atom stereocenters. The van der Waals surface area contributed by atoms with Crippen molar-refractivity contribution in [1.82, 2.24) is 0 Å². The summed E-state index contributed by atoms with van der Waals surface area (Å²) in [6.45, 7) is 0. The van der Waals surface area contributed by atoms with Gasteiger partial charge < -0.3 is 4.74 Å². The van der Waals surface area contributed by atoms with E-state index in [1.165, 1.54) is 6.42 Å². The summed E-state index contributed by atoms with van der Waals surface area (Å²) >= 11 is 0. The number of rotatable bonds is 1. The maximum atomic E-state index is 10.6. The van der Waals surface area contributed by atoms with Crippen LogP contribution in [0.25, 0.3) is 6.08 Å². The van der Waals surface area contributed by atoms with Crippen molar-refractivity contribution in [1.29, 1.82) is 0 Å². The van der Waals surface area contributed by atoms with Gasteiger partial charge in [-0.05, 0) is 43.5 Å². The second-order valence-corrected chi connectivity index (χ2v) is 4.27. The first-order chi connectivity index (χ1) is 7.31. The van der Waals surface area contributed by atoms with E-state index in [0.717, 1.165) is 30.4 Å². The quantitative estimate of drug-likeness (QED) is 0.651. The molecule has 1 saturated carbocycles. The molecule has 0 N–H and O–H groups in total. The van der Waals surface area contributed by atoms with E-state index in [4.69, 9.17) is 4.74 Å². The van der Waals surface area contributed by atoms with Crippen molar-refractivity contribution in [2.24, 2.45) is 0 Å². The number of hydrogen-bond acceptors (Lipinski definition) is 2. The lowest BCUT2D eigenvalue weighted by atomic mass is 9.78. The van der Waals surface area contributed by atoms with Gasteiger partial charge in [-0.25, -0.2) is 0 Å². The molecule has 1 aromatic rings. The number of carbonyl (C=O) groups is 1. The normalized spacial score (nSPS) is 20.3. The molecule has 0 saturated heterocycles. The molecule has 15 heavy (non-hydrogen) atoms.